The molecule has 0 saturated carbocycles. The van der Waals surface area contributed by atoms with Gasteiger partial charge in [-0.1, -0.05) is 241 Å². The fraction of sp³-hybridized carbons (Fsp3) is 0.130. The molecule has 3 heteroatoms. The predicted molar refractivity (Wildman–Crippen MR) is 307 cm³/mol. The molecule has 0 fully saturated rings. The third-order valence-corrected chi connectivity index (χ3v) is 15.8. The molecule has 2 aliphatic rings. The zero-order valence-corrected chi connectivity index (χ0v) is 42.0. The van der Waals surface area contributed by atoms with Gasteiger partial charge in [0, 0.05) is 39.0 Å². The van der Waals surface area contributed by atoms with Crippen molar-refractivity contribution >= 4 is 62.0 Å². The number of para-hydroxylation sites is 2. The Morgan fingerprint density at radius 3 is 1.39 bits per heavy atom. The molecular formula is C69H57BN2. The maximum Gasteiger partial charge on any atom is 0.247 e. The van der Waals surface area contributed by atoms with Crippen LogP contribution in [-0.2, 0) is 16.2 Å². The summed E-state index contributed by atoms with van der Waals surface area (Å²) in [5.74, 6) is 0. The summed E-state index contributed by atoms with van der Waals surface area (Å²) < 4.78 is 2.58. The number of aromatic nitrogens is 1. The van der Waals surface area contributed by atoms with Crippen molar-refractivity contribution in [2.75, 3.05) is 4.90 Å². The zero-order chi connectivity index (χ0) is 48.9. The molecule has 13 rings (SSSR count). The molecule has 0 aliphatic carbocycles. The molecule has 2 aliphatic heterocycles. The van der Waals surface area contributed by atoms with Crippen LogP contribution in [0.5, 0.6) is 0 Å². The Morgan fingerprint density at radius 1 is 0.389 bits per heavy atom. The van der Waals surface area contributed by atoms with Gasteiger partial charge in [0.05, 0.1) is 22.1 Å². The van der Waals surface area contributed by atoms with Gasteiger partial charge in [-0.25, -0.2) is 0 Å². The molecule has 72 heavy (non-hydrogen) atoms. The molecule has 3 heterocycles. The number of nitrogens with zero attached hydrogens (tertiary/aromatic N) is 2. The molecule has 1 aromatic heterocycles. The molecule has 11 aromatic rings. The van der Waals surface area contributed by atoms with Gasteiger partial charge in [-0.2, -0.15) is 0 Å². The van der Waals surface area contributed by atoms with Gasteiger partial charge in [0.15, 0.2) is 0 Å². The van der Waals surface area contributed by atoms with Crippen molar-refractivity contribution in [3.05, 3.63) is 270 Å². The number of rotatable bonds is 6. The Labute approximate surface area is 425 Å². The van der Waals surface area contributed by atoms with Crippen molar-refractivity contribution in [2.45, 2.75) is 57.8 Å². The third-order valence-electron chi connectivity index (χ3n) is 15.8. The Kier molecular flexibility index (Phi) is 10.0. The Morgan fingerprint density at radius 2 is 0.861 bits per heavy atom. The average molecular weight is 925 g/mol. The molecule has 346 valence electrons. The SMILES string of the molecule is CC(C)(C)c1ccc2c(c1)c1cc(C(C)(C)C)ccc1n2-c1cc2c3c(c1)C(c1ccccc1)(c1ccccc1)c1ccccc1B3c1ccccc1N2c1c(-c2ccccc2)cccc1-c1ccccc1. The molecule has 0 atom stereocenters. The first kappa shape index (κ1) is 43.9. The first-order valence-corrected chi connectivity index (χ1v) is 25.6. The summed E-state index contributed by atoms with van der Waals surface area (Å²) in [6.45, 7) is 13.9. The monoisotopic (exact) mass is 924 g/mol. The normalized spacial score (nSPS) is 13.8. The highest BCUT2D eigenvalue weighted by Crippen LogP contribution is 2.53. The van der Waals surface area contributed by atoms with Gasteiger partial charge < -0.3 is 9.47 Å². The summed E-state index contributed by atoms with van der Waals surface area (Å²) in [5.41, 5.74) is 22.8. The molecule has 2 nitrogen and oxygen atoms in total. The smallest absolute Gasteiger partial charge is 0.247 e. The largest absolute Gasteiger partial charge is 0.310 e. The van der Waals surface area contributed by atoms with E-state index in [0.29, 0.717) is 0 Å². The lowest BCUT2D eigenvalue weighted by molar-refractivity contribution is 0.590. The van der Waals surface area contributed by atoms with Gasteiger partial charge in [0.1, 0.15) is 0 Å². The number of anilines is 3. The zero-order valence-electron chi connectivity index (χ0n) is 42.0. The highest BCUT2D eigenvalue weighted by atomic mass is 15.2. The minimum absolute atomic E-state index is 0.0237. The van der Waals surface area contributed by atoms with E-state index in [2.05, 4.69) is 288 Å². The van der Waals surface area contributed by atoms with Crippen LogP contribution in [0.15, 0.2) is 237 Å². The van der Waals surface area contributed by atoms with Crippen LogP contribution >= 0.6 is 0 Å². The molecule has 0 unspecified atom stereocenters. The molecule has 0 spiro atoms. The van der Waals surface area contributed by atoms with E-state index in [-0.39, 0.29) is 17.5 Å². The Balaban J connectivity index is 1.25. The molecule has 0 amide bonds. The molecule has 10 aromatic carbocycles. The van der Waals surface area contributed by atoms with E-state index in [4.69, 9.17) is 0 Å². The van der Waals surface area contributed by atoms with Crippen molar-refractivity contribution in [3.8, 4) is 27.9 Å². The first-order chi connectivity index (χ1) is 35.0. The summed E-state index contributed by atoms with van der Waals surface area (Å²) in [4.78, 5) is 2.65. The summed E-state index contributed by atoms with van der Waals surface area (Å²) in [6, 6.07) is 89.6. The summed E-state index contributed by atoms with van der Waals surface area (Å²) in [6.07, 6.45) is 0. The van der Waals surface area contributed by atoms with Crippen LogP contribution in [0, 0.1) is 0 Å². The van der Waals surface area contributed by atoms with Gasteiger partial charge >= 0.3 is 0 Å². The van der Waals surface area contributed by atoms with Gasteiger partial charge in [-0.15, -0.1) is 0 Å². The number of fused-ring (bicyclic) bond motifs is 7. The maximum absolute atomic E-state index is 2.65. The summed E-state index contributed by atoms with van der Waals surface area (Å²) >= 11 is 0. The topological polar surface area (TPSA) is 8.17 Å². The highest BCUT2D eigenvalue weighted by molar-refractivity contribution is 6.99. The standard InChI is InChI=1S/C69H57BN2/c1-67(2,3)50-38-40-61-55(42-50)56-43-51(68(4,5)6)39-41-62(56)71(61)52-44-58-65-64(45-52)72(66-53(46-24-11-7-12-25-46)32-23-33-54(66)47-26-13-8-14-27-47)63-37-22-21-36-60(63)70(65)59-35-20-19-34-57(59)69(58,48-28-15-9-16-29-48)49-30-17-10-18-31-49/h7-45H,1-6H3. The number of benzene rings is 10. The van der Waals surface area contributed by atoms with E-state index >= 15 is 0 Å². The van der Waals surface area contributed by atoms with Gasteiger partial charge in [0.2, 0.25) is 6.71 Å². The first-order valence-electron chi connectivity index (χ1n) is 25.6. The fourth-order valence-corrected chi connectivity index (χ4v) is 12.5. The third kappa shape index (κ3) is 6.63. The molecule has 0 bridgehead atoms. The number of hydrogen-bond acceptors (Lipinski definition) is 1. The van der Waals surface area contributed by atoms with E-state index in [0.717, 1.165) is 11.4 Å². The van der Waals surface area contributed by atoms with E-state index in [1.807, 2.05) is 0 Å². The van der Waals surface area contributed by atoms with Crippen LogP contribution in [0.2, 0.25) is 0 Å². The van der Waals surface area contributed by atoms with Crippen molar-refractivity contribution in [2.24, 2.45) is 0 Å². The second-order valence-electron chi connectivity index (χ2n) is 22.1. The van der Waals surface area contributed by atoms with Gasteiger partial charge in [-0.05, 0) is 109 Å². The summed E-state index contributed by atoms with van der Waals surface area (Å²) in [5, 5.41) is 2.55. The second kappa shape index (κ2) is 16.5. The maximum atomic E-state index is 2.65. The van der Waals surface area contributed by atoms with Gasteiger partial charge in [-0.3, -0.25) is 0 Å². The molecular weight excluding hydrogens is 868 g/mol. The lowest BCUT2D eigenvalue weighted by atomic mass is 9.29. The number of hydrogen-bond donors (Lipinski definition) is 0. The molecule has 0 radical (unpaired) electrons. The summed E-state index contributed by atoms with van der Waals surface area (Å²) in [7, 11) is 0. The van der Waals surface area contributed by atoms with Crippen molar-refractivity contribution < 1.29 is 0 Å². The lowest BCUT2D eigenvalue weighted by Gasteiger charge is -2.49. The average Bonchev–Trinajstić information content (AvgIpc) is 3.74. The van der Waals surface area contributed by atoms with Crippen LogP contribution in [0.1, 0.15) is 74.9 Å². The van der Waals surface area contributed by atoms with Crippen LogP contribution in [0.4, 0.5) is 17.1 Å². The predicted octanol–water partition coefficient (Wildman–Crippen LogP) is 15.7. The quantitative estimate of drug-likeness (QED) is 0.151. The van der Waals surface area contributed by atoms with E-state index < -0.39 is 5.41 Å². The van der Waals surface area contributed by atoms with Crippen molar-refractivity contribution in [3.63, 3.8) is 0 Å². The van der Waals surface area contributed by atoms with E-state index in [9.17, 15) is 0 Å². The second-order valence-corrected chi connectivity index (χ2v) is 22.1. The van der Waals surface area contributed by atoms with Crippen LogP contribution in [0.25, 0.3) is 49.7 Å². The Hall–Kier alpha value is -8.14. The highest BCUT2D eigenvalue weighted by Gasteiger charge is 2.52. The van der Waals surface area contributed by atoms with Crippen molar-refractivity contribution in [1.29, 1.82) is 0 Å². The van der Waals surface area contributed by atoms with Crippen molar-refractivity contribution in [1.82, 2.24) is 4.57 Å². The van der Waals surface area contributed by atoms with Crippen LogP contribution < -0.4 is 21.3 Å². The van der Waals surface area contributed by atoms with Gasteiger partial charge in [0.25, 0.3) is 0 Å². The minimum Gasteiger partial charge on any atom is -0.310 e. The van der Waals surface area contributed by atoms with Crippen LogP contribution in [-0.4, -0.2) is 11.3 Å². The fourth-order valence-electron chi connectivity index (χ4n) is 12.5. The van der Waals surface area contributed by atoms with E-state index in [1.54, 1.807) is 0 Å². The molecule has 0 saturated heterocycles. The molecule has 0 N–H and O–H groups in total. The minimum atomic E-state index is -0.688. The Bertz CT molecular complexity index is 3710. The lowest BCUT2D eigenvalue weighted by Crippen LogP contribution is -2.65. The van der Waals surface area contributed by atoms with E-state index in [1.165, 1.54) is 105 Å². The van der Waals surface area contributed by atoms with Crippen LogP contribution in [0.3, 0.4) is 0 Å².